The fourth-order valence-electron chi connectivity index (χ4n) is 5.34. The number of amides is 1. The van der Waals surface area contributed by atoms with Crippen LogP contribution in [0, 0.1) is 6.92 Å². The molecule has 6 nitrogen and oxygen atoms in total. The molecule has 3 atom stereocenters. The van der Waals surface area contributed by atoms with Crippen LogP contribution in [-0.4, -0.2) is 53.1 Å². The zero-order valence-corrected chi connectivity index (χ0v) is 18.2. The second-order valence-corrected chi connectivity index (χ2v) is 8.82. The molecule has 1 saturated heterocycles. The maximum absolute atomic E-state index is 12.5. The number of aryl methyl sites for hydroxylation is 1. The van der Waals surface area contributed by atoms with Crippen molar-refractivity contribution in [3.8, 4) is 0 Å². The van der Waals surface area contributed by atoms with Crippen molar-refractivity contribution in [3.05, 3.63) is 53.3 Å². The zero-order chi connectivity index (χ0) is 21.1. The van der Waals surface area contributed by atoms with E-state index in [1.54, 1.807) is 0 Å². The van der Waals surface area contributed by atoms with Gasteiger partial charge in [-0.25, -0.2) is 4.79 Å². The minimum atomic E-state index is -0.274. The fraction of sp³-hybridized carbons (Fsp3) is 0.583. The summed E-state index contributed by atoms with van der Waals surface area (Å²) < 4.78 is 11.5. The highest BCUT2D eigenvalue weighted by Crippen LogP contribution is 2.39. The number of aromatic amines is 1. The van der Waals surface area contributed by atoms with Crippen LogP contribution < -0.4 is 0 Å². The summed E-state index contributed by atoms with van der Waals surface area (Å²) in [5, 5.41) is 7.36. The summed E-state index contributed by atoms with van der Waals surface area (Å²) in [5.41, 5.74) is 3.68. The highest BCUT2D eigenvalue weighted by Gasteiger charge is 2.44. The molecule has 1 aliphatic heterocycles. The first kappa shape index (κ1) is 20.9. The van der Waals surface area contributed by atoms with Gasteiger partial charge in [0.25, 0.3) is 0 Å². The van der Waals surface area contributed by atoms with Crippen LogP contribution in [-0.2, 0) is 9.47 Å². The summed E-state index contributed by atoms with van der Waals surface area (Å²) in [7, 11) is 1.45. The SMILES string of the molecule is COC(=O)N1[C@H](C)C[C@H](c2[nH]ncc2C)[C@@H]1COC1CCC(c2ccccc2)CC1. The molecule has 4 rings (SSSR count). The van der Waals surface area contributed by atoms with Gasteiger partial charge in [0.1, 0.15) is 0 Å². The number of hydrogen-bond donors (Lipinski definition) is 1. The fourth-order valence-corrected chi connectivity index (χ4v) is 5.34. The van der Waals surface area contributed by atoms with Gasteiger partial charge >= 0.3 is 6.09 Å². The topological polar surface area (TPSA) is 67.5 Å². The number of rotatable bonds is 5. The lowest BCUT2D eigenvalue weighted by molar-refractivity contribution is -0.00846. The first-order chi connectivity index (χ1) is 14.6. The summed E-state index contributed by atoms with van der Waals surface area (Å²) in [5.74, 6) is 0.812. The molecule has 1 aliphatic carbocycles. The monoisotopic (exact) mass is 411 g/mol. The van der Waals surface area contributed by atoms with Gasteiger partial charge in [-0.2, -0.15) is 5.10 Å². The predicted molar refractivity (Wildman–Crippen MR) is 116 cm³/mol. The zero-order valence-electron chi connectivity index (χ0n) is 18.2. The number of hydrogen-bond acceptors (Lipinski definition) is 4. The molecule has 1 saturated carbocycles. The third-order valence-electron chi connectivity index (χ3n) is 6.96. The first-order valence-electron chi connectivity index (χ1n) is 11.1. The van der Waals surface area contributed by atoms with Crippen molar-refractivity contribution in [2.75, 3.05) is 13.7 Å². The third-order valence-corrected chi connectivity index (χ3v) is 6.96. The van der Waals surface area contributed by atoms with Crippen molar-refractivity contribution < 1.29 is 14.3 Å². The van der Waals surface area contributed by atoms with Gasteiger partial charge in [-0.3, -0.25) is 10.00 Å². The van der Waals surface area contributed by atoms with E-state index >= 15 is 0 Å². The van der Waals surface area contributed by atoms with Crippen molar-refractivity contribution in [1.29, 1.82) is 0 Å². The largest absolute Gasteiger partial charge is 0.453 e. The molecular weight excluding hydrogens is 378 g/mol. The molecule has 2 heterocycles. The van der Waals surface area contributed by atoms with Gasteiger partial charge in [-0.15, -0.1) is 0 Å². The van der Waals surface area contributed by atoms with Crippen LogP contribution in [0.25, 0.3) is 0 Å². The Bertz CT molecular complexity index is 829. The lowest BCUT2D eigenvalue weighted by Gasteiger charge is -2.33. The third kappa shape index (κ3) is 4.24. The average Bonchev–Trinajstić information content (AvgIpc) is 3.35. The number of H-pyrrole nitrogens is 1. The Kier molecular flexibility index (Phi) is 6.42. The van der Waals surface area contributed by atoms with Crippen LogP contribution in [0.1, 0.15) is 67.7 Å². The standard InChI is InChI=1S/C24H33N3O3/c1-16-14-25-26-23(16)21-13-17(2)27(24(28)29-3)22(21)15-30-20-11-9-19(10-12-20)18-7-5-4-6-8-18/h4-8,14,17,19-22H,9-13,15H2,1-3H3,(H,25,26)/t17-,19?,20?,21+,22+/m1/s1. The minimum absolute atomic E-state index is 0.0431. The van der Waals surface area contributed by atoms with Gasteiger partial charge < -0.3 is 9.47 Å². The van der Waals surface area contributed by atoms with Crippen molar-refractivity contribution in [3.63, 3.8) is 0 Å². The number of nitrogens with zero attached hydrogens (tertiary/aromatic N) is 2. The smallest absolute Gasteiger partial charge is 0.410 e. The molecule has 2 aromatic rings. The Hall–Kier alpha value is -2.34. The molecule has 162 valence electrons. The van der Waals surface area contributed by atoms with Crippen molar-refractivity contribution in [2.24, 2.45) is 0 Å². The maximum atomic E-state index is 12.5. The van der Waals surface area contributed by atoms with Crippen molar-refractivity contribution in [2.45, 2.75) is 76.0 Å². The molecule has 1 aromatic heterocycles. The summed E-state index contributed by atoms with van der Waals surface area (Å²) in [6, 6.07) is 10.8. The summed E-state index contributed by atoms with van der Waals surface area (Å²) in [6.45, 7) is 4.68. The Morgan fingerprint density at radius 1 is 1.20 bits per heavy atom. The van der Waals surface area contributed by atoms with Gasteiger partial charge in [0.05, 0.1) is 32.1 Å². The normalized spacial score (nSPS) is 29.2. The molecule has 2 aliphatic rings. The molecule has 6 heteroatoms. The van der Waals surface area contributed by atoms with E-state index in [9.17, 15) is 4.79 Å². The second-order valence-electron chi connectivity index (χ2n) is 8.82. The summed E-state index contributed by atoms with van der Waals surface area (Å²) >= 11 is 0. The van der Waals surface area contributed by atoms with Crippen molar-refractivity contribution >= 4 is 6.09 Å². The Balaban J connectivity index is 1.40. The van der Waals surface area contributed by atoms with Gasteiger partial charge in [0, 0.05) is 17.7 Å². The van der Waals surface area contributed by atoms with E-state index < -0.39 is 0 Å². The number of ether oxygens (including phenoxy) is 2. The van der Waals surface area contributed by atoms with E-state index in [1.807, 2.05) is 11.1 Å². The van der Waals surface area contributed by atoms with Crippen LogP contribution in [0.3, 0.4) is 0 Å². The maximum Gasteiger partial charge on any atom is 0.410 e. The number of carbonyl (C=O) groups excluding carboxylic acids is 1. The minimum Gasteiger partial charge on any atom is -0.453 e. The Morgan fingerprint density at radius 2 is 1.93 bits per heavy atom. The van der Waals surface area contributed by atoms with Crippen molar-refractivity contribution in [1.82, 2.24) is 15.1 Å². The Morgan fingerprint density at radius 3 is 2.57 bits per heavy atom. The van der Waals surface area contributed by atoms with Gasteiger partial charge in [-0.1, -0.05) is 30.3 Å². The quantitative estimate of drug-likeness (QED) is 0.769. The molecule has 2 fully saturated rings. The molecule has 30 heavy (non-hydrogen) atoms. The van der Waals surface area contributed by atoms with Crippen LogP contribution in [0.4, 0.5) is 4.79 Å². The molecule has 0 bridgehead atoms. The number of aromatic nitrogens is 2. The first-order valence-corrected chi connectivity index (χ1v) is 11.1. The predicted octanol–water partition coefficient (Wildman–Crippen LogP) is 4.77. The number of likely N-dealkylation sites (tertiary alicyclic amines) is 1. The lowest BCUT2D eigenvalue weighted by atomic mass is 9.83. The Labute approximate surface area is 178 Å². The summed E-state index contributed by atoms with van der Waals surface area (Å²) in [4.78, 5) is 14.4. The van der Waals surface area contributed by atoms with E-state index in [4.69, 9.17) is 9.47 Å². The van der Waals surface area contributed by atoms with E-state index in [-0.39, 0.29) is 30.2 Å². The number of methoxy groups -OCH3 is 1. The summed E-state index contributed by atoms with van der Waals surface area (Å²) in [6.07, 6.45) is 7.14. The number of carbonyl (C=O) groups is 1. The van der Waals surface area contributed by atoms with Gasteiger partial charge in [0.15, 0.2) is 0 Å². The molecular formula is C24H33N3O3. The van der Waals surface area contributed by atoms with Gasteiger partial charge in [0.2, 0.25) is 0 Å². The molecule has 0 spiro atoms. The van der Waals surface area contributed by atoms with E-state index in [0.29, 0.717) is 12.5 Å². The highest BCUT2D eigenvalue weighted by atomic mass is 16.5. The molecule has 0 unspecified atom stereocenters. The van der Waals surface area contributed by atoms with E-state index in [2.05, 4.69) is 54.4 Å². The molecule has 1 aromatic carbocycles. The molecule has 0 radical (unpaired) electrons. The molecule has 1 N–H and O–H groups in total. The lowest BCUT2D eigenvalue weighted by Crippen LogP contribution is -2.44. The van der Waals surface area contributed by atoms with Gasteiger partial charge in [-0.05, 0) is 63.0 Å². The van der Waals surface area contributed by atoms with E-state index in [1.165, 1.54) is 12.7 Å². The second kappa shape index (κ2) is 9.21. The van der Waals surface area contributed by atoms with E-state index in [0.717, 1.165) is 43.4 Å². The van der Waals surface area contributed by atoms with Crippen LogP contribution in [0.5, 0.6) is 0 Å². The van der Waals surface area contributed by atoms with Crippen LogP contribution in [0.15, 0.2) is 36.5 Å². The average molecular weight is 412 g/mol. The highest BCUT2D eigenvalue weighted by molar-refractivity contribution is 5.69. The number of nitrogens with one attached hydrogen (secondary N) is 1. The number of benzene rings is 1. The van der Waals surface area contributed by atoms with Crippen LogP contribution >= 0.6 is 0 Å². The molecule has 1 amide bonds. The van der Waals surface area contributed by atoms with Crippen LogP contribution in [0.2, 0.25) is 0 Å².